The number of nitrogens with two attached hydrogens (primary N) is 1. The molecule has 1 aromatic heterocycles. The molecule has 0 fully saturated rings. The molecule has 0 aliphatic carbocycles. The fraction of sp³-hybridized carbons (Fsp3) is 0.208. The molecule has 0 radical (unpaired) electrons. The number of benzene rings is 2. The van der Waals surface area contributed by atoms with E-state index < -0.39 is 14.0 Å². The second kappa shape index (κ2) is 8.09. The summed E-state index contributed by atoms with van der Waals surface area (Å²) in [7, 11) is -1.51. The maximum absolute atomic E-state index is 12.0. The number of primary amides is 1. The van der Waals surface area contributed by atoms with E-state index in [1.54, 1.807) is 6.33 Å². The maximum Gasteiger partial charge on any atom is 0.269 e. The number of amides is 1. The summed E-state index contributed by atoms with van der Waals surface area (Å²) in [6, 6.07) is 14.0. The van der Waals surface area contributed by atoms with Gasteiger partial charge in [0.25, 0.3) is 5.91 Å². The Morgan fingerprint density at radius 1 is 1.16 bits per heavy atom. The molecule has 1 aliphatic heterocycles. The quantitative estimate of drug-likeness (QED) is 0.292. The average molecular weight is 538 g/mol. The van der Waals surface area contributed by atoms with Gasteiger partial charge in [-0.25, -0.2) is 4.98 Å². The predicted molar refractivity (Wildman–Crippen MR) is 136 cm³/mol. The van der Waals surface area contributed by atoms with Crippen molar-refractivity contribution in [2.75, 3.05) is 0 Å². The Morgan fingerprint density at radius 3 is 2.58 bits per heavy atom. The molecule has 1 atom stereocenters. The summed E-state index contributed by atoms with van der Waals surface area (Å²) < 4.78 is 3.04. The number of aliphatic imine (C=N–C) groups is 1. The zero-order chi connectivity index (χ0) is 22.3. The standard InChI is InChI=1S/C24H23IN4OSi/c1-15-23-22(24(26)30)27-14-29(23)20-10-9-16(11-12-31(2,3)4)13-18(20)21(28-15)17-7-5-6-8-19(17)25/h5-10,13-15H,1-4H3,(H2,26,30)/t15-/m1/s1. The number of aromatic nitrogens is 2. The first-order valence-electron chi connectivity index (χ1n) is 10.0. The van der Waals surface area contributed by atoms with Crippen LogP contribution in [0.3, 0.4) is 0 Å². The molecule has 31 heavy (non-hydrogen) atoms. The lowest BCUT2D eigenvalue weighted by molar-refractivity contribution is 0.0994. The van der Waals surface area contributed by atoms with Crippen molar-refractivity contribution in [3.63, 3.8) is 0 Å². The largest absolute Gasteiger partial charge is 0.364 e. The van der Waals surface area contributed by atoms with Gasteiger partial charge in [0, 0.05) is 20.3 Å². The van der Waals surface area contributed by atoms with Gasteiger partial charge in [0.15, 0.2) is 5.69 Å². The van der Waals surface area contributed by atoms with Crippen LogP contribution < -0.4 is 5.73 Å². The fourth-order valence-corrected chi connectivity index (χ4v) is 4.77. The lowest BCUT2D eigenvalue weighted by Gasteiger charge is -2.13. The third-order valence-electron chi connectivity index (χ3n) is 4.98. The number of carbonyl (C=O) groups excluding carboxylic acids is 1. The fourth-order valence-electron chi connectivity index (χ4n) is 3.60. The summed E-state index contributed by atoms with van der Waals surface area (Å²) in [5.74, 6) is 2.81. The van der Waals surface area contributed by atoms with Crippen LogP contribution >= 0.6 is 22.6 Å². The third-order valence-corrected chi connectivity index (χ3v) is 6.79. The SMILES string of the molecule is C[C@H]1N=C(c2ccccc2I)c2cc(C#C[Si](C)(C)C)ccc2-n2cnc(C(N)=O)c21. The molecule has 3 aromatic rings. The molecule has 0 bridgehead atoms. The van der Waals surface area contributed by atoms with Crippen LogP contribution in [-0.2, 0) is 0 Å². The number of rotatable bonds is 2. The lowest BCUT2D eigenvalue weighted by Crippen LogP contribution is -2.16. The number of imidazole rings is 1. The highest BCUT2D eigenvalue weighted by Gasteiger charge is 2.28. The van der Waals surface area contributed by atoms with Crippen molar-refractivity contribution in [2.24, 2.45) is 10.7 Å². The summed E-state index contributed by atoms with van der Waals surface area (Å²) in [6.45, 7) is 8.65. The van der Waals surface area contributed by atoms with Gasteiger partial charge in [-0.1, -0.05) is 43.8 Å². The first-order chi connectivity index (χ1) is 14.7. The number of hydrogen-bond donors (Lipinski definition) is 1. The van der Waals surface area contributed by atoms with Crippen molar-refractivity contribution in [1.82, 2.24) is 9.55 Å². The highest BCUT2D eigenvalue weighted by molar-refractivity contribution is 14.1. The van der Waals surface area contributed by atoms with Gasteiger partial charge in [-0.05, 0) is 53.8 Å². The lowest BCUT2D eigenvalue weighted by atomic mass is 9.98. The van der Waals surface area contributed by atoms with Crippen molar-refractivity contribution in [3.05, 3.63) is 80.4 Å². The number of nitrogens with zero attached hydrogens (tertiary/aromatic N) is 3. The highest BCUT2D eigenvalue weighted by atomic mass is 127. The molecule has 0 unspecified atom stereocenters. The van der Waals surface area contributed by atoms with E-state index in [-0.39, 0.29) is 11.7 Å². The number of carbonyl (C=O) groups is 1. The number of halogens is 1. The third kappa shape index (κ3) is 4.23. The van der Waals surface area contributed by atoms with Crippen LogP contribution in [0.5, 0.6) is 0 Å². The molecule has 2 heterocycles. The summed E-state index contributed by atoms with van der Waals surface area (Å²) >= 11 is 2.34. The molecule has 5 nitrogen and oxygen atoms in total. The molecule has 1 amide bonds. The van der Waals surface area contributed by atoms with E-state index in [0.717, 1.165) is 31.7 Å². The van der Waals surface area contributed by atoms with Gasteiger partial charge in [0.1, 0.15) is 14.4 Å². The van der Waals surface area contributed by atoms with Gasteiger partial charge in [0.2, 0.25) is 0 Å². The van der Waals surface area contributed by atoms with Crippen molar-refractivity contribution >= 4 is 42.3 Å². The molecular weight excluding hydrogens is 515 g/mol. The van der Waals surface area contributed by atoms with Gasteiger partial charge in [-0.15, -0.1) is 5.54 Å². The molecule has 2 N–H and O–H groups in total. The molecule has 2 aromatic carbocycles. The van der Waals surface area contributed by atoms with Gasteiger partial charge in [-0.3, -0.25) is 14.4 Å². The normalized spacial score (nSPS) is 15.1. The predicted octanol–water partition coefficient (Wildman–Crippen LogP) is 4.72. The van der Waals surface area contributed by atoms with Crippen LogP contribution in [0.15, 0.2) is 53.8 Å². The second-order valence-corrected chi connectivity index (χ2v) is 14.5. The van der Waals surface area contributed by atoms with Crippen molar-refractivity contribution < 1.29 is 4.79 Å². The zero-order valence-electron chi connectivity index (χ0n) is 17.9. The van der Waals surface area contributed by atoms with Crippen LogP contribution in [0, 0.1) is 15.0 Å². The van der Waals surface area contributed by atoms with Gasteiger partial charge >= 0.3 is 0 Å². The molecule has 156 valence electrons. The van der Waals surface area contributed by atoms with E-state index >= 15 is 0 Å². The Labute approximate surface area is 197 Å². The van der Waals surface area contributed by atoms with Crippen molar-refractivity contribution in [1.29, 1.82) is 0 Å². The molecule has 4 rings (SSSR count). The summed E-state index contributed by atoms with van der Waals surface area (Å²) in [4.78, 5) is 21.4. The first kappa shape index (κ1) is 21.5. The monoisotopic (exact) mass is 538 g/mol. The topological polar surface area (TPSA) is 73.3 Å². The molecule has 1 aliphatic rings. The Balaban J connectivity index is 2.02. The maximum atomic E-state index is 12.0. The summed E-state index contributed by atoms with van der Waals surface area (Å²) in [6.07, 6.45) is 1.66. The van der Waals surface area contributed by atoms with Crippen LogP contribution in [-0.4, -0.2) is 29.2 Å². The van der Waals surface area contributed by atoms with E-state index in [4.69, 9.17) is 10.7 Å². The van der Waals surface area contributed by atoms with Crippen LogP contribution in [0.2, 0.25) is 19.6 Å². The number of fused-ring (bicyclic) bond motifs is 3. The minimum Gasteiger partial charge on any atom is -0.364 e. The molecule has 7 heteroatoms. The van der Waals surface area contributed by atoms with E-state index in [9.17, 15) is 4.79 Å². The van der Waals surface area contributed by atoms with Crippen molar-refractivity contribution in [2.45, 2.75) is 32.6 Å². The van der Waals surface area contributed by atoms with Gasteiger partial charge in [-0.2, -0.15) is 0 Å². The minimum atomic E-state index is -1.51. The molecule has 0 saturated carbocycles. The van der Waals surface area contributed by atoms with E-state index in [1.165, 1.54) is 0 Å². The number of hydrogen-bond acceptors (Lipinski definition) is 3. The van der Waals surface area contributed by atoms with E-state index in [1.807, 2.05) is 35.8 Å². The smallest absolute Gasteiger partial charge is 0.269 e. The molecular formula is C24H23IN4OSi. The average Bonchev–Trinajstić information content (AvgIpc) is 3.11. The first-order valence-corrected chi connectivity index (χ1v) is 14.6. The summed E-state index contributed by atoms with van der Waals surface area (Å²) in [5.41, 5.74) is 14.8. The Kier molecular flexibility index (Phi) is 5.62. The van der Waals surface area contributed by atoms with E-state index in [2.05, 4.69) is 76.9 Å². The molecule has 0 saturated heterocycles. The minimum absolute atomic E-state index is 0.258. The van der Waals surface area contributed by atoms with Gasteiger partial charge in [0.05, 0.1) is 23.1 Å². The van der Waals surface area contributed by atoms with Crippen LogP contribution in [0.4, 0.5) is 0 Å². The Morgan fingerprint density at radius 2 is 1.90 bits per heavy atom. The van der Waals surface area contributed by atoms with Crippen LogP contribution in [0.1, 0.15) is 45.8 Å². The van der Waals surface area contributed by atoms with Crippen molar-refractivity contribution in [3.8, 4) is 17.2 Å². The zero-order valence-corrected chi connectivity index (χ0v) is 21.1. The Bertz CT molecular complexity index is 1290. The highest BCUT2D eigenvalue weighted by Crippen LogP contribution is 2.33. The van der Waals surface area contributed by atoms with E-state index in [0.29, 0.717) is 5.69 Å². The summed E-state index contributed by atoms with van der Waals surface area (Å²) in [5, 5.41) is 0. The second-order valence-electron chi connectivity index (χ2n) is 8.58. The molecule has 0 spiro atoms. The Hall–Kier alpha value is -2.70. The van der Waals surface area contributed by atoms with Crippen LogP contribution in [0.25, 0.3) is 5.69 Å². The van der Waals surface area contributed by atoms with Gasteiger partial charge < -0.3 is 5.73 Å².